The maximum atomic E-state index is 13.0. The third kappa shape index (κ3) is 1.52. The predicted molar refractivity (Wildman–Crippen MR) is 57.8 cm³/mol. The van der Waals surface area contributed by atoms with Gasteiger partial charge in [-0.3, -0.25) is 4.79 Å². The Morgan fingerprint density at radius 3 is 2.94 bits per heavy atom. The Morgan fingerprint density at radius 1 is 1.31 bits per heavy atom. The maximum absolute atomic E-state index is 13.0. The van der Waals surface area contributed by atoms with Crippen LogP contribution in [0.25, 0.3) is 11.0 Å². The van der Waals surface area contributed by atoms with Gasteiger partial charge in [0.05, 0.1) is 0 Å². The van der Waals surface area contributed by atoms with Crippen molar-refractivity contribution in [2.75, 3.05) is 0 Å². The number of hydrogen-bond acceptors (Lipinski definition) is 2. The molecule has 1 aliphatic rings. The molecule has 0 amide bonds. The molecule has 1 aromatic carbocycles. The van der Waals surface area contributed by atoms with E-state index >= 15 is 0 Å². The molecule has 82 valence electrons. The number of Topliss-reactive ketones (excluding diaryl/α,β-unsaturated/α-hetero) is 1. The summed E-state index contributed by atoms with van der Waals surface area (Å²) < 4.78 is 18.6. The summed E-state index contributed by atoms with van der Waals surface area (Å²) in [7, 11) is 0. The number of carbonyl (C=O) groups excluding carboxylic acids is 1. The molecule has 2 aromatic rings. The lowest BCUT2D eigenvalue weighted by atomic mass is 10.1. The van der Waals surface area contributed by atoms with Crippen LogP contribution >= 0.6 is 0 Å². The molecule has 0 aliphatic heterocycles. The first kappa shape index (κ1) is 9.58. The topological polar surface area (TPSA) is 30.2 Å². The molecule has 0 bridgehead atoms. The Hall–Kier alpha value is -1.64. The van der Waals surface area contributed by atoms with Gasteiger partial charge in [0.15, 0.2) is 0 Å². The van der Waals surface area contributed by atoms with E-state index in [4.69, 9.17) is 4.42 Å². The van der Waals surface area contributed by atoms with E-state index in [-0.39, 0.29) is 17.5 Å². The van der Waals surface area contributed by atoms with E-state index in [2.05, 4.69) is 0 Å². The van der Waals surface area contributed by atoms with Crippen molar-refractivity contribution in [3.8, 4) is 0 Å². The number of halogens is 1. The van der Waals surface area contributed by atoms with E-state index in [0.29, 0.717) is 18.4 Å². The number of hydrogen-bond donors (Lipinski definition) is 0. The summed E-state index contributed by atoms with van der Waals surface area (Å²) in [6, 6.07) is 6.32. The standard InChI is InChI=1S/C13H11FO2/c14-10-2-4-12-9(5-10)7-13(16-12)8-1-3-11(15)6-8/h2,4-5,7-8H,1,3,6H2. The molecule has 1 unspecified atom stereocenters. The fourth-order valence-corrected chi connectivity index (χ4v) is 2.29. The Labute approximate surface area is 92.1 Å². The molecule has 0 spiro atoms. The van der Waals surface area contributed by atoms with Crippen LogP contribution in [0.15, 0.2) is 28.7 Å². The maximum Gasteiger partial charge on any atom is 0.134 e. The molecular weight excluding hydrogens is 207 g/mol. The van der Waals surface area contributed by atoms with Crippen molar-refractivity contribution in [2.45, 2.75) is 25.2 Å². The fraction of sp³-hybridized carbons (Fsp3) is 0.308. The van der Waals surface area contributed by atoms with E-state index in [9.17, 15) is 9.18 Å². The number of carbonyl (C=O) groups is 1. The van der Waals surface area contributed by atoms with Gasteiger partial charge in [0, 0.05) is 24.1 Å². The molecule has 16 heavy (non-hydrogen) atoms. The SMILES string of the molecule is O=C1CCC(c2cc3cc(F)ccc3o2)C1. The van der Waals surface area contributed by atoms with Gasteiger partial charge in [-0.2, -0.15) is 0 Å². The van der Waals surface area contributed by atoms with Crippen molar-refractivity contribution in [1.82, 2.24) is 0 Å². The Balaban J connectivity index is 2.02. The Bertz CT molecular complexity index is 556. The third-order valence-corrected chi connectivity index (χ3v) is 3.15. The predicted octanol–water partition coefficient (Wildman–Crippen LogP) is 3.41. The highest BCUT2D eigenvalue weighted by atomic mass is 19.1. The van der Waals surface area contributed by atoms with Crippen LogP contribution < -0.4 is 0 Å². The van der Waals surface area contributed by atoms with Crippen LogP contribution in [-0.2, 0) is 4.79 Å². The van der Waals surface area contributed by atoms with Crippen molar-refractivity contribution in [3.05, 3.63) is 35.8 Å². The first-order valence-electron chi connectivity index (χ1n) is 5.43. The molecule has 1 heterocycles. The Morgan fingerprint density at radius 2 is 2.19 bits per heavy atom. The lowest BCUT2D eigenvalue weighted by Gasteiger charge is -2.01. The van der Waals surface area contributed by atoms with Gasteiger partial charge in [0.1, 0.15) is 22.9 Å². The van der Waals surface area contributed by atoms with E-state index in [1.54, 1.807) is 6.07 Å². The molecular formula is C13H11FO2. The van der Waals surface area contributed by atoms with Crippen LogP contribution in [0.3, 0.4) is 0 Å². The second kappa shape index (κ2) is 3.44. The van der Waals surface area contributed by atoms with Crippen molar-refractivity contribution < 1.29 is 13.6 Å². The quantitative estimate of drug-likeness (QED) is 0.734. The Kier molecular flexibility index (Phi) is 2.06. The zero-order valence-corrected chi connectivity index (χ0v) is 8.70. The molecule has 1 aromatic heterocycles. The van der Waals surface area contributed by atoms with Crippen LogP contribution in [0.1, 0.15) is 30.9 Å². The summed E-state index contributed by atoms with van der Waals surface area (Å²) in [5, 5.41) is 0.773. The summed E-state index contributed by atoms with van der Waals surface area (Å²) >= 11 is 0. The van der Waals surface area contributed by atoms with Gasteiger partial charge in [-0.25, -0.2) is 4.39 Å². The van der Waals surface area contributed by atoms with Crippen LogP contribution in [0.2, 0.25) is 0 Å². The number of benzene rings is 1. The number of fused-ring (bicyclic) bond motifs is 1. The zero-order valence-electron chi connectivity index (χ0n) is 8.70. The highest BCUT2D eigenvalue weighted by Gasteiger charge is 2.26. The zero-order chi connectivity index (χ0) is 11.1. The van der Waals surface area contributed by atoms with Gasteiger partial charge >= 0.3 is 0 Å². The van der Waals surface area contributed by atoms with E-state index in [0.717, 1.165) is 17.6 Å². The van der Waals surface area contributed by atoms with E-state index < -0.39 is 0 Å². The van der Waals surface area contributed by atoms with E-state index in [1.165, 1.54) is 12.1 Å². The average molecular weight is 218 g/mol. The minimum Gasteiger partial charge on any atom is -0.461 e. The number of furan rings is 1. The van der Waals surface area contributed by atoms with Crippen molar-refractivity contribution >= 4 is 16.8 Å². The van der Waals surface area contributed by atoms with Crippen molar-refractivity contribution in [3.63, 3.8) is 0 Å². The van der Waals surface area contributed by atoms with Gasteiger partial charge in [0.2, 0.25) is 0 Å². The highest BCUT2D eigenvalue weighted by Crippen LogP contribution is 2.35. The lowest BCUT2D eigenvalue weighted by Crippen LogP contribution is -1.91. The summed E-state index contributed by atoms with van der Waals surface area (Å²) in [5.41, 5.74) is 0.691. The minimum atomic E-state index is -0.262. The number of ketones is 1. The summed E-state index contributed by atoms with van der Waals surface area (Å²) in [4.78, 5) is 11.2. The van der Waals surface area contributed by atoms with Crippen LogP contribution in [0, 0.1) is 5.82 Å². The van der Waals surface area contributed by atoms with Crippen LogP contribution in [-0.4, -0.2) is 5.78 Å². The second-order valence-corrected chi connectivity index (χ2v) is 4.31. The first-order valence-corrected chi connectivity index (χ1v) is 5.43. The molecule has 1 saturated carbocycles. The molecule has 0 radical (unpaired) electrons. The minimum absolute atomic E-state index is 0.183. The smallest absolute Gasteiger partial charge is 0.134 e. The van der Waals surface area contributed by atoms with E-state index in [1.807, 2.05) is 6.07 Å². The third-order valence-electron chi connectivity index (χ3n) is 3.15. The molecule has 0 N–H and O–H groups in total. The van der Waals surface area contributed by atoms with Gasteiger partial charge in [-0.15, -0.1) is 0 Å². The molecule has 3 rings (SSSR count). The van der Waals surface area contributed by atoms with Crippen molar-refractivity contribution in [1.29, 1.82) is 0 Å². The largest absolute Gasteiger partial charge is 0.461 e. The van der Waals surface area contributed by atoms with Gasteiger partial charge in [0.25, 0.3) is 0 Å². The van der Waals surface area contributed by atoms with Gasteiger partial charge in [-0.05, 0) is 30.7 Å². The normalized spacial score (nSPS) is 20.8. The fourth-order valence-electron chi connectivity index (χ4n) is 2.29. The van der Waals surface area contributed by atoms with Crippen LogP contribution in [0.5, 0.6) is 0 Å². The molecule has 0 saturated heterocycles. The molecule has 3 heteroatoms. The summed E-state index contributed by atoms with van der Waals surface area (Å²) in [5.74, 6) is 1.02. The molecule has 1 aliphatic carbocycles. The average Bonchev–Trinajstić information content (AvgIpc) is 2.83. The van der Waals surface area contributed by atoms with Gasteiger partial charge < -0.3 is 4.42 Å². The van der Waals surface area contributed by atoms with Gasteiger partial charge in [-0.1, -0.05) is 0 Å². The molecule has 1 atom stereocenters. The lowest BCUT2D eigenvalue weighted by molar-refractivity contribution is -0.117. The molecule has 2 nitrogen and oxygen atoms in total. The highest BCUT2D eigenvalue weighted by molar-refractivity contribution is 5.82. The summed E-state index contributed by atoms with van der Waals surface area (Å²) in [6.07, 6.45) is 2.04. The first-order chi connectivity index (χ1) is 7.72. The number of rotatable bonds is 1. The molecule has 1 fully saturated rings. The summed E-state index contributed by atoms with van der Waals surface area (Å²) in [6.45, 7) is 0. The second-order valence-electron chi connectivity index (χ2n) is 4.31. The monoisotopic (exact) mass is 218 g/mol. The van der Waals surface area contributed by atoms with Crippen molar-refractivity contribution in [2.24, 2.45) is 0 Å². The van der Waals surface area contributed by atoms with Crippen LogP contribution in [0.4, 0.5) is 4.39 Å².